The molecule has 2 unspecified atom stereocenters. The summed E-state index contributed by atoms with van der Waals surface area (Å²) >= 11 is 11.9. The normalized spacial score (nSPS) is 11.9. The van der Waals surface area contributed by atoms with Gasteiger partial charge in [-0.15, -0.1) is 0 Å². The number of ether oxygens (including phenoxy) is 1. The number of nitrogens with one attached hydrogen (secondary N) is 10. The number of aromatic nitrogens is 18. The van der Waals surface area contributed by atoms with Gasteiger partial charge in [0.15, 0.2) is 5.69 Å². The lowest BCUT2D eigenvalue weighted by Crippen LogP contribution is -2.32. The molecule has 18 aromatic rings. The summed E-state index contributed by atoms with van der Waals surface area (Å²) in [5, 5.41) is 82.8. The van der Waals surface area contributed by atoms with E-state index >= 15 is 0 Å². The Hall–Kier alpha value is -17.7. The molecule has 18 rings (SSSR count). The summed E-state index contributed by atoms with van der Waals surface area (Å²) in [6.07, 6.45) is 20.0. The van der Waals surface area contributed by atoms with E-state index in [2.05, 4.69) is 113 Å². The number of hydrogen-bond donors (Lipinski definition) is 13. The first kappa shape index (κ1) is 104. The van der Waals surface area contributed by atoms with Crippen molar-refractivity contribution in [2.75, 3.05) is 26.9 Å². The number of methoxy groups -OCH3 is 1. The highest BCUT2D eigenvalue weighted by atomic mass is 35.5. The van der Waals surface area contributed by atoms with E-state index in [1.165, 1.54) is 53.2 Å². The number of pyridine rings is 6. The molecule has 6 aromatic carbocycles. The molecule has 34 nitrogen and oxygen atoms in total. The highest BCUT2D eigenvalue weighted by Crippen LogP contribution is 2.29. The standard InChI is InChI=1S/2C18H17FN4O2.C18H18N4O2.C17H15ClN4O2.C17H15ClN4O.C17H15FN4O/c1-23-17(12-5-7-20-8-6-12)10-15(22-23)18(25)21-16(11-24)13-3-2-4-14(19)9-13;1-23-17(10-15(22-23)12-5-7-20-8-6-12)18(25)21-16(11-24)13-3-2-4-14(19)9-13;1-12(13-3-5-15(24-2)6-4-13)20-18(23)17-11-16(21-22-17)14-7-9-19-10-8-14;18-13-3-1-2-12(8-13)16(10-23)20-17(24)15-9-14(21-22-15)11-4-6-19-7-5-11;2*1-11(13-3-2-4-14(18)9-13)20-17(23)16-10-15(21-22-16)12-5-7-19-8-6-12/h2*2-10,16,24H,11H2,1H3,(H,21,25);3-12H,1-2H3,(H,20,23)(H,21,22);1-9,16,23H,10H2,(H,20,24)(H,21,22);2*2-11H,1H3,(H,20,23)(H,21,22)/t;;12-;16-;2*11-/m..1111/s1. The van der Waals surface area contributed by atoms with Gasteiger partial charge in [-0.25, -0.2) is 13.2 Å². The van der Waals surface area contributed by atoms with Crippen molar-refractivity contribution in [1.29, 1.82) is 0 Å². The molecule has 39 heteroatoms. The van der Waals surface area contributed by atoms with Crippen molar-refractivity contribution in [3.63, 3.8) is 0 Å². The highest BCUT2D eigenvalue weighted by molar-refractivity contribution is 6.31. The average Bonchev–Trinajstić information content (AvgIpc) is 1.67. The second kappa shape index (κ2) is 51.3. The lowest BCUT2D eigenvalue weighted by molar-refractivity contribution is 0.0900. The van der Waals surface area contributed by atoms with Crippen LogP contribution in [0.5, 0.6) is 5.75 Å². The van der Waals surface area contributed by atoms with Crippen LogP contribution < -0.4 is 36.6 Å². The molecule has 6 atom stereocenters. The van der Waals surface area contributed by atoms with Crippen LogP contribution in [-0.4, -0.2) is 168 Å². The predicted molar refractivity (Wildman–Crippen MR) is 535 cm³/mol. The van der Waals surface area contributed by atoms with Crippen molar-refractivity contribution in [2.45, 2.75) is 57.0 Å². The van der Waals surface area contributed by atoms with Gasteiger partial charge in [0, 0.05) is 132 Å². The van der Waals surface area contributed by atoms with Crippen LogP contribution in [0.3, 0.4) is 0 Å². The minimum Gasteiger partial charge on any atom is -0.497 e. The first-order valence-electron chi connectivity index (χ1n) is 44.6. The number of H-pyrrole nitrogens is 4. The molecule has 6 amide bonds. The molecule has 0 aliphatic carbocycles. The number of rotatable bonds is 28. The summed E-state index contributed by atoms with van der Waals surface area (Å²) in [6, 6.07) is 69.1. The van der Waals surface area contributed by atoms with Crippen LogP contribution in [0.1, 0.15) is 153 Å². The monoisotopic (exact) mass is 1980 g/mol. The van der Waals surface area contributed by atoms with Crippen LogP contribution >= 0.6 is 23.2 Å². The van der Waals surface area contributed by atoms with Crippen LogP contribution in [0.25, 0.3) is 67.5 Å². The summed E-state index contributed by atoms with van der Waals surface area (Å²) in [7, 11) is 5.03. The Bertz CT molecular complexity index is 7120. The molecule has 144 heavy (non-hydrogen) atoms. The third-order valence-corrected chi connectivity index (χ3v) is 22.4. The third kappa shape index (κ3) is 29.2. The molecule has 732 valence electrons. The molecule has 0 spiro atoms. The summed E-state index contributed by atoms with van der Waals surface area (Å²) in [5.74, 6) is -2.32. The maximum Gasteiger partial charge on any atom is 0.272 e. The summed E-state index contributed by atoms with van der Waals surface area (Å²) in [5.41, 5.74) is 15.8. The van der Waals surface area contributed by atoms with Crippen LogP contribution in [0.2, 0.25) is 10.0 Å². The molecule has 0 bridgehead atoms. The van der Waals surface area contributed by atoms with Gasteiger partial charge in [-0.3, -0.25) is 88.4 Å². The number of amides is 6. The van der Waals surface area contributed by atoms with E-state index in [4.69, 9.17) is 27.9 Å². The zero-order valence-corrected chi connectivity index (χ0v) is 79.6. The Kier molecular flexibility index (Phi) is 37.0. The Morgan fingerprint density at radius 2 is 0.625 bits per heavy atom. The number of aromatic amines is 4. The van der Waals surface area contributed by atoms with E-state index in [9.17, 15) is 57.3 Å². The molecule has 12 heterocycles. The van der Waals surface area contributed by atoms with Gasteiger partial charge in [-0.05, 0) is 236 Å². The summed E-state index contributed by atoms with van der Waals surface area (Å²) in [6.45, 7) is 4.71. The molecule has 13 N–H and O–H groups in total. The number of halogens is 5. The van der Waals surface area contributed by atoms with Crippen LogP contribution in [0.4, 0.5) is 13.2 Å². The first-order chi connectivity index (χ1) is 69.8. The molecule has 12 aromatic heterocycles. The minimum absolute atomic E-state index is 0.129. The Morgan fingerprint density at radius 1 is 0.326 bits per heavy atom. The summed E-state index contributed by atoms with van der Waals surface area (Å²) in [4.78, 5) is 98.1. The second-order valence-corrected chi connectivity index (χ2v) is 32.8. The smallest absolute Gasteiger partial charge is 0.272 e. The molecule has 0 aliphatic heterocycles. The van der Waals surface area contributed by atoms with E-state index in [0.717, 1.165) is 61.5 Å². The van der Waals surface area contributed by atoms with E-state index in [-0.39, 0.29) is 73.1 Å². The number of benzene rings is 6. The number of nitrogens with zero attached hydrogens (tertiary/aromatic N) is 14. The van der Waals surface area contributed by atoms with Gasteiger partial charge in [-0.2, -0.15) is 30.6 Å². The van der Waals surface area contributed by atoms with Gasteiger partial charge in [0.2, 0.25) is 0 Å². The van der Waals surface area contributed by atoms with Crippen molar-refractivity contribution >= 4 is 58.6 Å². The fraction of sp³-hybridized carbons (Fsp3) is 0.143. The van der Waals surface area contributed by atoms with Crippen LogP contribution in [0.15, 0.2) is 329 Å². The van der Waals surface area contributed by atoms with Gasteiger partial charge in [-0.1, -0.05) is 96.0 Å². The Balaban J connectivity index is 0.000000145. The van der Waals surface area contributed by atoms with E-state index in [0.29, 0.717) is 83.7 Å². The number of carbonyl (C=O) groups is 6. The number of aliphatic hydroxyl groups excluding tert-OH is 3. The van der Waals surface area contributed by atoms with E-state index < -0.39 is 41.6 Å². The van der Waals surface area contributed by atoms with Crippen LogP contribution in [0, 0.1) is 17.5 Å². The Morgan fingerprint density at radius 3 is 0.979 bits per heavy atom. The fourth-order valence-corrected chi connectivity index (χ4v) is 14.6. The lowest BCUT2D eigenvalue weighted by atomic mass is 10.1. The number of hydrogen-bond acceptors (Lipinski definition) is 22. The largest absolute Gasteiger partial charge is 0.497 e. The van der Waals surface area contributed by atoms with Crippen LogP contribution in [-0.2, 0) is 14.1 Å². The van der Waals surface area contributed by atoms with E-state index in [1.807, 2.05) is 105 Å². The van der Waals surface area contributed by atoms with Gasteiger partial charge in [0.05, 0.1) is 97.3 Å². The molecule has 0 saturated carbocycles. The van der Waals surface area contributed by atoms with Gasteiger partial charge < -0.3 is 52.0 Å². The van der Waals surface area contributed by atoms with Crippen molar-refractivity contribution in [3.05, 3.63) is 424 Å². The predicted octanol–water partition coefficient (Wildman–Crippen LogP) is 16.4. The average molecular weight is 1980 g/mol. The number of aryl methyl sites for hydroxylation is 2. The SMILES string of the molecule is COc1ccc([C@@H](C)NC(=O)c2cc(-c3ccncc3)n[nH]2)cc1.C[C@@H](NC(=O)c1cc(-c2ccncc2)n[nH]1)c1cccc(Cl)c1.C[C@@H](NC(=O)c1cc(-c2ccncc2)n[nH]1)c1cccc(F)c1.Cn1nc(-c2ccncc2)cc1C(=O)NC(CO)c1cccc(F)c1.Cn1nc(C(=O)NC(CO)c2cccc(F)c2)cc1-c1ccncc1.O=C(N[C@H](CO)c1cccc(Cl)c1)c1cc(-c2ccncc2)n[nH]1. The third-order valence-electron chi connectivity index (χ3n) is 21.9. The summed E-state index contributed by atoms with van der Waals surface area (Å²) < 4.78 is 48.2. The zero-order chi connectivity index (χ0) is 102. The Labute approximate surface area is 833 Å². The van der Waals surface area contributed by atoms with Gasteiger partial charge in [0.25, 0.3) is 35.4 Å². The molecular weight excluding hydrogens is 1890 g/mol. The number of carbonyl (C=O) groups excluding carboxylic acids is 6. The molecule has 0 aliphatic rings. The maximum absolute atomic E-state index is 13.4. The molecule has 0 fully saturated rings. The van der Waals surface area contributed by atoms with Crippen molar-refractivity contribution < 1.29 is 62.0 Å². The van der Waals surface area contributed by atoms with Crippen molar-refractivity contribution in [1.82, 2.24) is 122 Å². The first-order valence-corrected chi connectivity index (χ1v) is 45.3. The van der Waals surface area contributed by atoms with Gasteiger partial charge >= 0.3 is 0 Å². The molecule has 0 radical (unpaired) electrons. The quantitative estimate of drug-likeness (QED) is 0.0217. The maximum atomic E-state index is 13.4. The minimum atomic E-state index is -0.713. The van der Waals surface area contributed by atoms with Gasteiger partial charge in [0.1, 0.15) is 51.7 Å². The van der Waals surface area contributed by atoms with E-state index in [1.54, 1.807) is 222 Å². The topological polar surface area (TPSA) is 472 Å². The zero-order valence-electron chi connectivity index (χ0n) is 78.1. The van der Waals surface area contributed by atoms with Crippen molar-refractivity contribution in [2.24, 2.45) is 14.1 Å². The highest BCUT2D eigenvalue weighted by Gasteiger charge is 2.26. The van der Waals surface area contributed by atoms with Crippen molar-refractivity contribution in [3.8, 4) is 73.3 Å². The fourth-order valence-electron chi connectivity index (χ4n) is 14.2. The lowest BCUT2D eigenvalue weighted by Gasteiger charge is -2.16. The molecule has 0 saturated heterocycles. The second-order valence-electron chi connectivity index (χ2n) is 31.9. The number of aliphatic hydroxyl groups is 3. The molecular formula is C105H97Cl2F3N24O10.